The average molecular weight is 638 g/mol. The summed E-state index contributed by atoms with van der Waals surface area (Å²) in [6.07, 6.45) is 4.82. The van der Waals surface area contributed by atoms with E-state index in [0.717, 1.165) is 41.7 Å². The molecule has 1 N–H and O–H groups in total. The number of halogens is 1. The molecule has 3 fully saturated rings. The quantitative estimate of drug-likeness (QED) is 0.303. The first-order valence-electron chi connectivity index (χ1n) is 14.2. The second kappa shape index (κ2) is 11.9. The van der Waals surface area contributed by atoms with Crippen LogP contribution in [0.3, 0.4) is 0 Å². The van der Waals surface area contributed by atoms with Crippen LogP contribution >= 0.6 is 24.0 Å². The van der Waals surface area contributed by atoms with Gasteiger partial charge in [0.2, 0.25) is 5.43 Å². The molecule has 2 saturated heterocycles. The van der Waals surface area contributed by atoms with Crippen LogP contribution < -0.4 is 25.2 Å². The molecule has 1 unspecified atom stereocenters. The highest BCUT2D eigenvalue weighted by molar-refractivity contribution is 8.26. The minimum Gasteiger partial charge on any atom is -0.497 e. The molecule has 44 heavy (non-hydrogen) atoms. The fourth-order valence-electron chi connectivity index (χ4n) is 5.56. The van der Waals surface area contributed by atoms with Gasteiger partial charge in [-0.15, -0.1) is 0 Å². The fourth-order valence-corrected chi connectivity index (χ4v) is 6.74. The summed E-state index contributed by atoms with van der Waals surface area (Å²) in [5.74, 6) is -0.982. The van der Waals surface area contributed by atoms with E-state index >= 15 is 4.39 Å². The normalized spacial score (nSPS) is 20.1. The van der Waals surface area contributed by atoms with E-state index in [1.165, 1.54) is 19.4 Å². The Morgan fingerprint density at radius 1 is 1.14 bits per heavy atom. The van der Waals surface area contributed by atoms with E-state index in [1.807, 2.05) is 16.5 Å². The Kier molecular flexibility index (Phi) is 8.12. The molecule has 3 aromatic rings. The maximum Gasteiger partial charge on any atom is 0.285 e. The first kappa shape index (κ1) is 30.1. The van der Waals surface area contributed by atoms with Crippen LogP contribution in [0.4, 0.5) is 10.1 Å². The highest BCUT2D eigenvalue weighted by Gasteiger charge is 2.36. The summed E-state index contributed by atoms with van der Waals surface area (Å²) in [5.41, 5.74) is 3.14. The number of pyridine rings is 1. The van der Waals surface area contributed by atoms with Crippen LogP contribution in [0, 0.1) is 5.82 Å². The predicted octanol–water partition coefficient (Wildman–Crippen LogP) is 4.18. The SMILES string of the molecule is COc1ccc(/C=C2\SC(=S)N(NC(=O)c3cn(C4CC4)c4c(OC)c(N5CCN(C)C(C)C5)c(F)cc4c3=O)C2=O)cc1. The Balaban J connectivity index is 1.35. The summed E-state index contributed by atoms with van der Waals surface area (Å²) in [6.45, 7) is 4.03. The number of likely N-dealkylation sites (N-methyl/N-ethyl adjacent to an activating group) is 1. The second-order valence-corrected chi connectivity index (χ2v) is 12.8. The van der Waals surface area contributed by atoms with E-state index in [9.17, 15) is 14.4 Å². The molecule has 0 bridgehead atoms. The number of piperazine rings is 1. The third kappa shape index (κ3) is 5.44. The minimum atomic E-state index is -0.815. The molecule has 1 saturated carbocycles. The van der Waals surface area contributed by atoms with Gasteiger partial charge < -0.3 is 23.8 Å². The molecule has 3 heterocycles. The van der Waals surface area contributed by atoms with Crippen molar-refractivity contribution in [1.82, 2.24) is 19.9 Å². The molecule has 2 amide bonds. The maximum absolute atomic E-state index is 15.9. The van der Waals surface area contributed by atoms with Crippen LogP contribution in [-0.2, 0) is 4.79 Å². The number of carbonyl (C=O) groups excluding carboxylic acids is 2. The molecule has 3 aliphatic rings. The monoisotopic (exact) mass is 637 g/mol. The number of rotatable bonds is 7. The number of thiocarbonyl (C=S) groups is 1. The Morgan fingerprint density at radius 3 is 2.50 bits per heavy atom. The van der Waals surface area contributed by atoms with Gasteiger partial charge in [0.05, 0.1) is 30.0 Å². The zero-order valence-electron chi connectivity index (χ0n) is 24.8. The van der Waals surface area contributed by atoms with Crippen molar-refractivity contribution in [3.8, 4) is 11.5 Å². The number of fused-ring (bicyclic) bond motifs is 1. The van der Waals surface area contributed by atoms with Crippen LogP contribution in [0.5, 0.6) is 11.5 Å². The molecular formula is C31H32FN5O5S2. The van der Waals surface area contributed by atoms with Gasteiger partial charge in [-0.3, -0.25) is 19.8 Å². The van der Waals surface area contributed by atoms with Crippen molar-refractivity contribution < 1.29 is 23.5 Å². The number of thioether (sulfide) groups is 1. The molecule has 2 aliphatic heterocycles. The number of carbonyl (C=O) groups is 2. The van der Waals surface area contributed by atoms with E-state index in [0.29, 0.717) is 34.9 Å². The Hall–Kier alpha value is -3.94. The molecule has 230 valence electrons. The third-order valence-corrected chi connectivity index (χ3v) is 9.59. The van der Waals surface area contributed by atoms with Crippen LogP contribution in [0.2, 0.25) is 0 Å². The lowest BCUT2D eigenvalue weighted by Gasteiger charge is -2.39. The first-order chi connectivity index (χ1) is 21.1. The number of hydrazine groups is 1. The number of amides is 2. The van der Waals surface area contributed by atoms with Gasteiger partial charge in [-0.1, -0.05) is 23.9 Å². The number of nitrogens with one attached hydrogen (secondary N) is 1. The topological polar surface area (TPSA) is 96.3 Å². The number of nitrogens with zero attached hydrogens (tertiary/aromatic N) is 4. The highest BCUT2D eigenvalue weighted by Crippen LogP contribution is 2.44. The van der Waals surface area contributed by atoms with Crippen LogP contribution in [-0.4, -0.2) is 77.6 Å². The van der Waals surface area contributed by atoms with Gasteiger partial charge in [-0.2, -0.15) is 5.01 Å². The van der Waals surface area contributed by atoms with Crippen LogP contribution in [0.15, 0.2) is 46.2 Å². The van der Waals surface area contributed by atoms with E-state index in [2.05, 4.69) is 17.2 Å². The molecule has 2 aromatic carbocycles. The Labute approximate surface area is 263 Å². The minimum absolute atomic E-state index is 0.0207. The smallest absolute Gasteiger partial charge is 0.285 e. The number of hydrogen-bond donors (Lipinski definition) is 1. The molecule has 1 atom stereocenters. The summed E-state index contributed by atoms with van der Waals surface area (Å²) in [7, 11) is 5.07. The number of ether oxygens (including phenoxy) is 2. The van der Waals surface area contributed by atoms with Crippen molar-refractivity contribution in [3.05, 3.63) is 68.6 Å². The Morgan fingerprint density at radius 2 is 1.86 bits per heavy atom. The molecule has 0 spiro atoms. The average Bonchev–Trinajstić information content (AvgIpc) is 3.82. The highest BCUT2D eigenvalue weighted by atomic mass is 32.2. The largest absolute Gasteiger partial charge is 0.497 e. The predicted molar refractivity (Wildman–Crippen MR) is 173 cm³/mol. The van der Waals surface area contributed by atoms with E-state index in [4.69, 9.17) is 21.7 Å². The van der Waals surface area contributed by atoms with Gasteiger partial charge in [0.15, 0.2) is 15.9 Å². The number of aromatic nitrogens is 1. The van der Waals surface area contributed by atoms with Gasteiger partial charge in [0, 0.05) is 37.9 Å². The number of anilines is 1. The van der Waals surface area contributed by atoms with Crippen molar-refractivity contribution in [1.29, 1.82) is 0 Å². The molecular weight excluding hydrogens is 606 g/mol. The van der Waals surface area contributed by atoms with Gasteiger partial charge in [-0.05, 0) is 68.9 Å². The molecule has 1 aromatic heterocycles. The van der Waals surface area contributed by atoms with Crippen molar-refractivity contribution in [2.24, 2.45) is 0 Å². The van der Waals surface area contributed by atoms with Crippen molar-refractivity contribution in [2.75, 3.05) is 45.8 Å². The molecule has 0 radical (unpaired) electrons. The van der Waals surface area contributed by atoms with Crippen molar-refractivity contribution >= 4 is 62.8 Å². The summed E-state index contributed by atoms with van der Waals surface area (Å²) in [6, 6.07) is 8.55. The van der Waals surface area contributed by atoms with E-state index < -0.39 is 23.1 Å². The lowest BCUT2D eigenvalue weighted by atomic mass is 10.1. The standard InChI is InChI=1S/C31H32FN5O5S2/c1-17-15-35(12-11-34(17)2)26-23(32)14-21-25(28(26)42-4)36(19-7-8-19)16-22(27(21)38)29(39)33-37-30(40)24(44-31(37)43)13-18-5-9-20(41-3)10-6-18/h5-6,9-10,13-14,16-17,19H,7-8,11-12,15H2,1-4H3,(H,33,39)/b24-13-. The second-order valence-electron chi connectivity index (χ2n) is 11.2. The molecule has 10 nitrogen and oxygen atoms in total. The van der Waals surface area contributed by atoms with E-state index in [-0.39, 0.29) is 33.1 Å². The number of methoxy groups -OCH3 is 2. The summed E-state index contributed by atoms with van der Waals surface area (Å²) >= 11 is 6.42. The summed E-state index contributed by atoms with van der Waals surface area (Å²) in [5, 5.41) is 0.997. The lowest BCUT2D eigenvalue weighted by Crippen LogP contribution is -2.50. The third-order valence-electron chi connectivity index (χ3n) is 8.28. The maximum atomic E-state index is 15.9. The van der Waals surface area contributed by atoms with Gasteiger partial charge in [-0.25, -0.2) is 4.39 Å². The molecule has 6 rings (SSSR count). The molecule has 13 heteroatoms. The van der Waals surface area contributed by atoms with E-state index in [1.54, 1.807) is 37.5 Å². The zero-order valence-corrected chi connectivity index (χ0v) is 26.4. The van der Waals surface area contributed by atoms with Crippen LogP contribution in [0.25, 0.3) is 17.0 Å². The number of hydrogen-bond acceptors (Lipinski definition) is 9. The van der Waals surface area contributed by atoms with Crippen molar-refractivity contribution in [3.63, 3.8) is 0 Å². The molecule has 1 aliphatic carbocycles. The summed E-state index contributed by atoms with van der Waals surface area (Å²) < 4.78 is 28.8. The van der Waals surface area contributed by atoms with Crippen LogP contribution in [0.1, 0.15) is 41.7 Å². The van der Waals surface area contributed by atoms with Gasteiger partial charge in [0.1, 0.15) is 17.0 Å². The first-order valence-corrected chi connectivity index (χ1v) is 15.5. The fraction of sp³-hybridized carbons (Fsp3) is 0.355. The lowest BCUT2D eigenvalue weighted by molar-refractivity contribution is -0.123. The number of benzene rings is 2. The van der Waals surface area contributed by atoms with Crippen molar-refractivity contribution in [2.45, 2.75) is 31.8 Å². The zero-order chi connectivity index (χ0) is 31.3. The van der Waals surface area contributed by atoms with Gasteiger partial charge in [0.25, 0.3) is 11.8 Å². The van der Waals surface area contributed by atoms with Gasteiger partial charge >= 0.3 is 0 Å². The Bertz CT molecular complexity index is 1770. The summed E-state index contributed by atoms with van der Waals surface area (Å²) in [4.78, 5) is 45.0.